The van der Waals surface area contributed by atoms with E-state index >= 15 is 0 Å². The van der Waals surface area contributed by atoms with Crippen LogP contribution in [0.25, 0.3) is 5.65 Å². The second kappa shape index (κ2) is 10.7. The van der Waals surface area contributed by atoms with Gasteiger partial charge in [-0.1, -0.05) is 30.3 Å². The average Bonchev–Trinajstić information content (AvgIpc) is 3.53. The van der Waals surface area contributed by atoms with Crippen molar-refractivity contribution in [3.8, 4) is 0 Å². The van der Waals surface area contributed by atoms with Gasteiger partial charge in [-0.15, -0.1) is 15.3 Å². The minimum absolute atomic E-state index is 0.0616. The molecule has 1 N–H and O–H groups in total. The van der Waals surface area contributed by atoms with Crippen molar-refractivity contribution in [1.82, 2.24) is 34.9 Å². The molecule has 9 heteroatoms. The number of likely N-dealkylation sites (tertiary alicyclic amines) is 1. The Balaban J connectivity index is 1.10. The Hall–Kier alpha value is -3.04. The molecule has 0 saturated carbocycles. The van der Waals surface area contributed by atoms with Crippen molar-refractivity contribution in [2.75, 3.05) is 57.8 Å². The fraction of sp³-hybridized carbons (Fsp3) is 0.538. The number of fused-ring (bicyclic) bond motifs is 1. The van der Waals surface area contributed by atoms with Gasteiger partial charge < -0.3 is 15.1 Å². The highest BCUT2D eigenvalue weighted by atomic mass is 16.1. The fourth-order valence-corrected chi connectivity index (χ4v) is 5.08. The topological polar surface area (TPSA) is 81.9 Å². The first-order chi connectivity index (χ1) is 17.1. The van der Waals surface area contributed by atoms with Crippen LogP contribution >= 0.6 is 0 Å². The molecule has 2 saturated heterocycles. The van der Waals surface area contributed by atoms with E-state index in [-0.39, 0.29) is 5.91 Å². The highest BCUT2D eigenvalue weighted by molar-refractivity contribution is 5.76. The van der Waals surface area contributed by atoms with Crippen molar-refractivity contribution in [2.45, 2.75) is 32.2 Å². The highest BCUT2D eigenvalue weighted by Crippen LogP contribution is 2.27. The lowest BCUT2D eigenvalue weighted by atomic mass is 10.1. The van der Waals surface area contributed by atoms with Crippen molar-refractivity contribution >= 4 is 17.4 Å². The van der Waals surface area contributed by atoms with Gasteiger partial charge in [0, 0.05) is 58.2 Å². The Kier molecular flexibility index (Phi) is 7.24. The number of nitrogens with zero attached hydrogens (tertiary/aromatic N) is 7. The Morgan fingerprint density at radius 3 is 2.66 bits per heavy atom. The van der Waals surface area contributed by atoms with Crippen molar-refractivity contribution < 1.29 is 4.79 Å². The van der Waals surface area contributed by atoms with Crippen molar-refractivity contribution in [3.05, 3.63) is 53.9 Å². The van der Waals surface area contributed by atoms with Crippen molar-refractivity contribution in [1.29, 1.82) is 0 Å². The second-order valence-corrected chi connectivity index (χ2v) is 9.91. The zero-order valence-corrected chi connectivity index (χ0v) is 20.8. The summed E-state index contributed by atoms with van der Waals surface area (Å²) in [6.07, 6.45) is 2.03. The number of likely N-dealkylation sites (N-methyl/N-ethyl adjacent to an activating group) is 1. The number of amides is 1. The number of carbonyl (C=O) groups excluding carboxylic acids is 1. The van der Waals surface area contributed by atoms with Gasteiger partial charge >= 0.3 is 0 Å². The number of aromatic nitrogens is 4. The van der Waals surface area contributed by atoms with Gasteiger partial charge in [-0.3, -0.25) is 9.69 Å². The third-order valence-electron chi connectivity index (χ3n) is 7.45. The van der Waals surface area contributed by atoms with Gasteiger partial charge in [0.2, 0.25) is 5.91 Å². The Bertz CT molecular complexity index is 1120. The molecule has 1 amide bonds. The van der Waals surface area contributed by atoms with Crippen LogP contribution in [-0.4, -0.2) is 88.4 Å². The van der Waals surface area contributed by atoms with Crippen LogP contribution in [0.3, 0.4) is 0 Å². The normalized spacial score (nSPS) is 20.4. The first-order valence-corrected chi connectivity index (χ1v) is 12.8. The van der Waals surface area contributed by atoms with Crippen LogP contribution in [-0.2, 0) is 11.2 Å². The van der Waals surface area contributed by atoms with Crippen LogP contribution in [0, 0.1) is 5.92 Å². The summed E-state index contributed by atoms with van der Waals surface area (Å²) in [5.74, 6) is 2.22. The molecule has 2 atom stereocenters. The Morgan fingerprint density at radius 1 is 1.06 bits per heavy atom. The Morgan fingerprint density at radius 2 is 1.86 bits per heavy atom. The summed E-state index contributed by atoms with van der Waals surface area (Å²) in [5, 5.41) is 16.5. The van der Waals surface area contributed by atoms with E-state index in [0.717, 1.165) is 69.5 Å². The number of benzene rings is 1. The van der Waals surface area contributed by atoms with E-state index < -0.39 is 0 Å². The van der Waals surface area contributed by atoms with Gasteiger partial charge in [0.15, 0.2) is 11.5 Å². The number of hydrogen-bond acceptors (Lipinski definition) is 7. The SMILES string of the molecule is C[C@@H](c1ccccc1)N1CC[C@@H](CNC(=O)CCc2nnc3ccc(N4CCN(C)CC4)nn23)C1. The minimum Gasteiger partial charge on any atom is -0.356 e. The molecule has 2 fully saturated rings. The van der Waals surface area contributed by atoms with Crippen molar-refractivity contribution in [3.63, 3.8) is 0 Å². The van der Waals surface area contributed by atoms with E-state index in [1.54, 1.807) is 4.52 Å². The lowest BCUT2D eigenvalue weighted by Crippen LogP contribution is -2.45. The van der Waals surface area contributed by atoms with E-state index in [4.69, 9.17) is 5.10 Å². The van der Waals surface area contributed by atoms with E-state index in [0.29, 0.717) is 24.8 Å². The molecule has 9 nitrogen and oxygen atoms in total. The smallest absolute Gasteiger partial charge is 0.220 e. The van der Waals surface area contributed by atoms with E-state index in [9.17, 15) is 4.79 Å². The van der Waals surface area contributed by atoms with Crippen LogP contribution in [0.2, 0.25) is 0 Å². The van der Waals surface area contributed by atoms with Crippen LogP contribution in [0.4, 0.5) is 5.82 Å². The van der Waals surface area contributed by atoms with Crippen molar-refractivity contribution in [2.24, 2.45) is 5.92 Å². The largest absolute Gasteiger partial charge is 0.356 e. The molecule has 0 unspecified atom stereocenters. The molecule has 0 aliphatic carbocycles. The monoisotopic (exact) mass is 476 g/mol. The lowest BCUT2D eigenvalue weighted by Gasteiger charge is -2.33. The number of hydrogen-bond donors (Lipinski definition) is 1. The maximum absolute atomic E-state index is 12.6. The maximum Gasteiger partial charge on any atom is 0.220 e. The fourth-order valence-electron chi connectivity index (χ4n) is 5.08. The summed E-state index contributed by atoms with van der Waals surface area (Å²) >= 11 is 0. The zero-order valence-electron chi connectivity index (χ0n) is 20.8. The first kappa shape index (κ1) is 23.7. The van der Waals surface area contributed by atoms with Gasteiger partial charge in [-0.2, -0.15) is 4.52 Å². The molecule has 2 aliphatic heterocycles. The Labute approximate surface area is 207 Å². The summed E-state index contributed by atoms with van der Waals surface area (Å²) in [6, 6.07) is 15.0. The van der Waals surface area contributed by atoms with E-state index in [1.807, 2.05) is 12.1 Å². The summed E-state index contributed by atoms with van der Waals surface area (Å²) in [6.45, 7) is 9.05. The number of rotatable bonds is 8. The average molecular weight is 477 g/mol. The summed E-state index contributed by atoms with van der Waals surface area (Å²) in [7, 11) is 2.14. The summed E-state index contributed by atoms with van der Waals surface area (Å²) < 4.78 is 1.79. The number of carbonyl (C=O) groups is 1. The standard InChI is InChI=1S/C26H36N8O/c1-20(22-6-4-3-5-7-22)33-13-12-21(19-33)18-27-26(35)11-10-24-29-28-23-8-9-25(30-34(23)24)32-16-14-31(2)15-17-32/h3-9,20-21H,10-19H2,1-2H3,(H,27,35)/t20-,21-/m0/s1. The minimum atomic E-state index is 0.0616. The second-order valence-electron chi connectivity index (χ2n) is 9.91. The predicted octanol–water partition coefficient (Wildman–Crippen LogP) is 2.01. The number of nitrogens with one attached hydrogen (secondary N) is 1. The molecule has 35 heavy (non-hydrogen) atoms. The third kappa shape index (κ3) is 5.62. The van der Waals surface area contributed by atoms with Crippen LogP contribution in [0.5, 0.6) is 0 Å². The highest BCUT2D eigenvalue weighted by Gasteiger charge is 2.27. The molecule has 0 bridgehead atoms. The van der Waals surface area contributed by atoms with Crippen LogP contribution < -0.4 is 10.2 Å². The molecule has 3 aromatic rings. The molecule has 0 radical (unpaired) electrons. The maximum atomic E-state index is 12.6. The molecule has 5 rings (SSSR count). The number of anilines is 1. The van der Waals surface area contributed by atoms with Gasteiger partial charge in [0.1, 0.15) is 5.82 Å². The van der Waals surface area contributed by atoms with Gasteiger partial charge in [-0.25, -0.2) is 0 Å². The van der Waals surface area contributed by atoms with Gasteiger partial charge in [0.25, 0.3) is 0 Å². The molecule has 1 aromatic carbocycles. The molecule has 186 valence electrons. The third-order valence-corrected chi connectivity index (χ3v) is 7.45. The van der Waals surface area contributed by atoms with Gasteiger partial charge in [-0.05, 0) is 50.6 Å². The molecular weight excluding hydrogens is 440 g/mol. The van der Waals surface area contributed by atoms with Crippen LogP contribution in [0.15, 0.2) is 42.5 Å². The van der Waals surface area contributed by atoms with Gasteiger partial charge in [0.05, 0.1) is 0 Å². The van der Waals surface area contributed by atoms with E-state index in [1.165, 1.54) is 5.56 Å². The first-order valence-electron chi connectivity index (χ1n) is 12.8. The summed E-state index contributed by atoms with van der Waals surface area (Å²) in [4.78, 5) is 19.7. The lowest BCUT2D eigenvalue weighted by molar-refractivity contribution is -0.121. The molecular formula is C26H36N8O. The van der Waals surface area contributed by atoms with E-state index in [2.05, 4.69) is 74.5 Å². The zero-order chi connectivity index (χ0) is 24.2. The molecule has 4 heterocycles. The predicted molar refractivity (Wildman–Crippen MR) is 136 cm³/mol. The number of aryl methyl sites for hydroxylation is 1. The quantitative estimate of drug-likeness (QED) is 0.533. The van der Waals surface area contributed by atoms with Crippen LogP contribution in [0.1, 0.15) is 37.2 Å². The molecule has 2 aromatic heterocycles. The molecule has 0 spiro atoms. The molecule has 2 aliphatic rings. The summed E-state index contributed by atoms with van der Waals surface area (Å²) in [5.41, 5.74) is 2.07. The number of piperazine rings is 1.